The van der Waals surface area contributed by atoms with Gasteiger partial charge in [-0.2, -0.15) is 13.2 Å². The van der Waals surface area contributed by atoms with Crippen LogP contribution in [0.4, 0.5) is 22.4 Å². The second-order valence-corrected chi connectivity index (χ2v) is 6.10. The molecule has 2 aromatic carbocycles. The maximum absolute atomic E-state index is 13.7. The van der Waals surface area contributed by atoms with Gasteiger partial charge in [0.05, 0.1) is 6.04 Å². The van der Waals surface area contributed by atoms with Crippen LogP contribution >= 0.6 is 0 Å². The number of aliphatic hydroxyl groups is 1. The molecule has 5 nitrogen and oxygen atoms in total. The zero-order valence-corrected chi connectivity index (χ0v) is 13.6. The lowest BCUT2D eigenvalue weighted by atomic mass is 9.77. The number of benzene rings is 2. The summed E-state index contributed by atoms with van der Waals surface area (Å²) in [4.78, 5) is 24.7. The minimum absolute atomic E-state index is 0.0817. The summed E-state index contributed by atoms with van der Waals surface area (Å²) in [6.07, 6.45) is -5.36. The first-order valence-corrected chi connectivity index (χ1v) is 7.86. The van der Waals surface area contributed by atoms with Gasteiger partial charge in [0, 0.05) is 5.56 Å². The molecule has 3 N–H and O–H groups in total. The molecule has 0 aromatic heterocycles. The van der Waals surface area contributed by atoms with E-state index in [1.165, 1.54) is 41.7 Å². The Hall–Kier alpha value is -2.94. The van der Waals surface area contributed by atoms with Crippen molar-refractivity contribution in [2.75, 3.05) is 0 Å². The van der Waals surface area contributed by atoms with E-state index in [1.54, 1.807) is 6.07 Å². The molecule has 9 heteroatoms. The molecule has 142 valence electrons. The predicted octanol–water partition coefficient (Wildman–Crippen LogP) is 2.93. The second-order valence-electron chi connectivity index (χ2n) is 6.10. The Morgan fingerprint density at radius 2 is 1.74 bits per heavy atom. The van der Waals surface area contributed by atoms with E-state index in [-0.39, 0.29) is 11.1 Å². The highest BCUT2D eigenvalue weighted by Crippen LogP contribution is 2.43. The zero-order valence-electron chi connectivity index (χ0n) is 13.6. The number of amides is 2. The van der Waals surface area contributed by atoms with E-state index >= 15 is 0 Å². The number of hydrogen-bond acceptors (Lipinski definition) is 3. The third-order valence-corrected chi connectivity index (χ3v) is 4.35. The standard InChI is InChI=1S/C18H14F4N2O3/c19-12-8-4-7-11(9-12)14-13(15(25)10-5-2-1-3-6-10)17(27,18(20,21)22)24-16(26)23-14/h1-9,13-14,27H,(H2,23,24,26)/t13-,14-,17+/m1/s1. The van der Waals surface area contributed by atoms with Gasteiger partial charge in [-0.05, 0) is 17.7 Å². The summed E-state index contributed by atoms with van der Waals surface area (Å²) in [5.74, 6) is -4.00. The molecule has 1 saturated heterocycles. The van der Waals surface area contributed by atoms with Gasteiger partial charge in [-0.3, -0.25) is 4.79 Å². The highest BCUT2D eigenvalue weighted by atomic mass is 19.4. The smallest absolute Gasteiger partial charge is 0.363 e. The topological polar surface area (TPSA) is 78.4 Å². The number of rotatable bonds is 3. The average molecular weight is 382 g/mol. The van der Waals surface area contributed by atoms with Crippen molar-refractivity contribution in [3.8, 4) is 0 Å². The van der Waals surface area contributed by atoms with Crippen molar-refractivity contribution in [3.05, 3.63) is 71.5 Å². The Kier molecular flexibility index (Phi) is 4.64. The lowest BCUT2D eigenvalue weighted by Crippen LogP contribution is -2.72. The van der Waals surface area contributed by atoms with E-state index in [1.807, 2.05) is 0 Å². The molecule has 0 radical (unpaired) electrons. The van der Waals surface area contributed by atoms with E-state index in [0.717, 1.165) is 12.1 Å². The van der Waals surface area contributed by atoms with Gasteiger partial charge < -0.3 is 15.7 Å². The molecule has 27 heavy (non-hydrogen) atoms. The number of hydrogen-bond donors (Lipinski definition) is 3. The van der Waals surface area contributed by atoms with E-state index < -0.39 is 41.5 Å². The van der Waals surface area contributed by atoms with Crippen LogP contribution in [0, 0.1) is 11.7 Å². The van der Waals surface area contributed by atoms with Gasteiger partial charge in [-0.25, -0.2) is 9.18 Å². The first-order valence-electron chi connectivity index (χ1n) is 7.86. The number of nitrogens with one attached hydrogen (secondary N) is 2. The monoisotopic (exact) mass is 382 g/mol. The van der Waals surface area contributed by atoms with Crippen LogP contribution in [0.1, 0.15) is 22.0 Å². The Bertz CT molecular complexity index is 872. The van der Waals surface area contributed by atoms with Crippen LogP contribution < -0.4 is 10.6 Å². The molecule has 1 heterocycles. The molecule has 3 atom stereocenters. The van der Waals surface area contributed by atoms with Crippen LogP contribution in [0.2, 0.25) is 0 Å². The summed E-state index contributed by atoms with van der Waals surface area (Å²) in [7, 11) is 0. The first-order chi connectivity index (χ1) is 12.6. The van der Waals surface area contributed by atoms with E-state index in [4.69, 9.17) is 0 Å². The van der Waals surface area contributed by atoms with Crippen molar-refractivity contribution in [3.63, 3.8) is 0 Å². The van der Waals surface area contributed by atoms with Crippen LogP contribution in [0.25, 0.3) is 0 Å². The number of alkyl halides is 3. The Balaban J connectivity index is 2.17. The fourth-order valence-electron chi connectivity index (χ4n) is 3.10. The third kappa shape index (κ3) is 3.37. The van der Waals surface area contributed by atoms with Crippen LogP contribution in [-0.2, 0) is 0 Å². The number of Topliss-reactive ketones (excluding diaryl/α,β-unsaturated/α-hetero) is 1. The van der Waals surface area contributed by atoms with Crippen molar-refractivity contribution in [1.82, 2.24) is 10.6 Å². The van der Waals surface area contributed by atoms with E-state index in [9.17, 15) is 32.3 Å². The summed E-state index contributed by atoms with van der Waals surface area (Å²) in [5.41, 5.74) is -4.01. The van der Waals surface area contributed by atoms with Crippen molar-refractivity contribution < 1.29 is 32.3 Å². The summed E-state index contributed by atoms with van der Waals surface area (Å²) >= 11 is 0. The molecule has 3 rings (SSSR count). The molecular weight excluding hydrogens is 368 g/mol. The maximum atomic E-state index is 13.7. The van der Waals surface area contributed by atoms with Gasteiger partial charge in [0.25, 0.3) is 0 Å². The van der Waals surface area contributed by atoms with Crippen LogP contribution in [-0.4, -0.2) is 28.8 Å². The van der Waals surface area contributed by atoms with E-state index in [0.29, 0.717) is 0 Å². The van der Waals surface area contributed by atoms with Gasteiger partial charge in [0.15, 0.2) is 5.78 Å². The SMILES string of the molecule is O=C1N[C@H](c2cccc(F)c2)[C@H](C(=O)c2ccccc2)[C@](O)(C(F)(F)F)N1. The predicted molar refractivity (Wildman–Crippen MR) is 86.1 cm³/mol. The fraction of sp³-hybridized carbons (Fsp3) is 0.222. The largest absolute Gasteiger partial charge is 0.437 e. The molecule has 2 aromatic rings. The van der Waals surface area contributed by atoms with Crippen LogP contribution in [0.15, 0.2) is 54.6 Å². The Morgan fingerprint density at radius 3 is 2.33 bits per heavy atom. The molecule has 0 unspecified atom stereocenters. The molecule has 0 spiro atoms. The average Bonchev–Trinajstić information content (AvgIpc) is 2.60. The lowest BCUT2D eigenvalue weighted by molar-refractivity contribution is -0.287. The Morgan fingerprint density at radius 1 is 1.07 bits per heavy atom. The van der Waals surface area contributed by atoms with Crippen molar-refractivity contribution in [2.45, 2.75) is 17.9 Å². The molecule has 1 aliphatic rings. The van der Waals surface area contributed by atoms with Crippen molar-refractivity contribution in [1.29, 1.82) is 0 Å². The quantitative estimate of drug-likeness (QED) is 0.564. The molecule has 1 aliphatic heterocycles. The van der Waals surface area contributed by atoms with Gasteiger partial charge in [0.2, 0.25) is 5.72 Å². The van der Waals surface area contributed by atoms with Gasteiger partial charge in [0.1, 0.15) is 11.7 Å². The summed E-state index contributed by atoms with van der Waals surface area (Å²) in [5, 5.41) is 14.0. The number of urea groups is 1. The molecule has 0 saturated carbocycles. The van der Waals surface area contributed by atoms with Crippen LogP contribution in [0.3, 0.4) is 0 Å². The molecule has 2 amide bonds. The second kappa shape index (κ2) is 6.66. The number of carbonyl (C=O) groups excluding carboxylic acids is 2. The van der Waals surface area contributed by atoms with Crippen molar-refractivity contribution in [2.24, 2.45) is 5.92 Å². The minimum Gasteiger partial charge on any atom is -0.363 e. The van der Waals surface area contributed by atoms with Crippen LogP contribution in [0.5, 0.6) is 0 Å². The normalized spacial score (nSPS) is 25.4. The van der Waals surface area contributed by atoms with Crippen molar-refractivity contribution >= 4 is 11.8 Å². The molecule has 0 aliphatic carbocycles. The lowest BCUT2D eigenvalue weighted by Gasteiger charge is -2.45. The van der Waals surface area contributed by atoms with Gasteiger partial charge in [-0.15, -0.1) is 0 Å². The first kappa shape index (κ1) is 18.8. The Labute approximate surface area is 151 Å². The highest BCUT2D eigenvalue weighted by Gasteiger charge is 2.66. The molecular formula is C18H14F4N2O3. The van der Waals surface area contributed by atoms with E-state index in [2.05, 4.69) is 5.32 Å². The summed E-state index contributed by atoms with van der Waals surface area (Å²) < 4.78 is 54.6. The number of carbonyl (C=O) groups is 2. The summed E-state index contributed by atoms with van der Waals surface area (Å²) in [6.45, 7) is 0. The molecule has 1 fully saturated rings. The number of ketones is 1. The third-order valence-electron chi connectivity index (χ3n) is 4.35. The summed E-state index contributed by atoms with van der Waals surface area (Å²) in [6, 6.07) is 8.58. The maximum Gasteiger partial charge on any atom is 0.437 e. The van der Waals surface area contributed by atoms with Gasteiger partial charge >= 0.3 is 12.2 Å². The highest BCUT2D eigenvalue weighted by molar-refractivity contribution is 6.00. The fourth-order valence-corrected chi connectivity index (χ4v) is 3.10. The minimum atomic E-state index is -5.36. The van der Waals surface area contributed by atoms with Gasteiger partial charge in [-0.1, -0.05) is 42.5 Å². The molecule has 0 bridgehead atoms. The zero-order chi connectivity index (χ0) is 19.8. The number of halogens is 4.